The summed E-state index contributed by atoms with van der Waals surface area (Å²) >= 11 is 0. The van der Waals surface area contributed by atoms with Gasteiger partial charge in [0.1, 0.15) is 23.1 Å². The average molecular weight is 394 g/mol. The van der Waals surface area contributed by atoms with Crippen LogP contribution < -0.4 is 15.4 Å². The summed E-state index contributed by atoms with van der Waals surface area (Å²) in [5, 5.41) is 5.98. The Morgan fingerprint density at radius 2 is 1.79 bits per heavy atom. The Morgan fingerprint density at radius 3 is 2.52 bits per heavy atom. The van der Waals surface area contributed by atoms with Crippen LogP contribution in [-0.4, -0.2) is 36.1 Å². The van der Waals surface area contributed by atoms with E-state index in [2.05, 4.69) is 20.6 Å². The molecule has 1 aromatic heterocycles. The molecule has 6 nitrogen and oxygen atoms in total. The van der Waals surface area contributed by atoms with Crippen LogP contribution in [0.4, 0.5) is 10.2 Å². The summed E-state index contributed by atoms with van der Waals surface area (Å²) in [6.45, 7) is 1.12. The summed E-state index contributed by atoms with van der Waals surface area (Å²) in [5.41, 5.74) is 2.37. The molecule has 1 amide bonds. The molecule has 1 heterocycles. The molecule has 2 N–H and O–H groups in total. The minimum atomic E-state index is -0.266. The Balaban J connectivity index is 1.42. The molecular weight excluding hydrogens is 371 g/mol. The number of methoxy groups -OCH3 is 1. The van der Waals surface area contributed by atoms with Gasteiger partial charge in [0.05, 0.1) is 19.5 Å². The quantitative estimate of drug-likeness (QED) is 0.583. The van der Waals surface area contributed by atoms with Gasteiger partial charge in [-0.1, -0.05) is 24.3 Å². The van der Waals surface area contributed by atoms with Gasteiger partial charge in [-0.3, -0.25) is 4.79 Å². The Hall–Kier alpha value is -3.48. The summed E-state index contributed by atoms with van der Waals surface area (Å²) in [7, 11) is 1.63. The molecule has 0 spiro atoms. The number of ether oxygens (including phenoxy) is 1. The van der Waals surface area contributed by atoms with E-state index in [0.29, 0.717) is 25.3 Å². The number of amides is 1. The molecule has 0 aliphatic heterocycles. The lowest BCUT2D eigenvalue weighted by Gasteiger charge is -2.08. The largest absolute Gasteiger partial charge is 0.497 e. The third kappa shape index (κ3) is 6.27. The van der Waals surface area contributed by atoms with Gasteiger partial charge in [-0.25, -0.2) is 14.4 Å². The molecule has 0 aliphatic carbocycles. The highest BCUT2D eigenvalue weighted by atomic mass is 19.1. The second-order valence-electron chi connectivity index (χ2n) is 6.45. The summed E-state index contributed by atoms with van der Waals surface area (Å²) in [6, 6.07) is 14.1. The van der Waals surface area contributed by atoms with Gasteiger partial charge in [0.2, 0.25) is 0 Å². The van der Waals surface area contributed by atoms with Crippen molar-refractivity contribution in [2.45, 2.75) is 12.8 Å². The van der Waals surface area contributed by atoms with Crippen LogP contribution in [0.5, 0.6) is 5.75 Å². The number of carbonyl (C=O) groups excluding carboxylic acids is 1. The van der Waals surface area contributed by atoms with Crippen LogP contribution in [-0.2, 0) is 12.8 Å². The maximum atomic E-state index is 12.9. The zero-order valence-corrected chi connectivity index (χ0v) is 16.2. The van der Waals surface area contributed by atoms with Crippen LogP contribution in [0.1, 0.15) is 21.6 Å². The minimum absolute atomic E-state index is 0.245. The fourth-order valence-electron chi connectivity index (χ4n) is 2.76. The number of nitrogens with one attached hydrogen (secondary N) is 2. The lowest BCUT2D eigenvalue weighted by molar-refractivity contribution is 0.0949. The molecule has 0 atom stereocenters. The van der Waals surface area contributed by atoms with E-state index in [1.807, 2.05) is 24.3 Å². The molecule has 0 bridgehead atoms. The number of carbonyl (C=O) groups is 1. The summed E-state index contributed by atoms with van der Waals surface area (Å²) < 4.78 is 18.1. The van der Waals surface area contributed by atoms with Gasteiger partial charge in [0.25, 0.3) is 5.91 Å². The molecule has 0 radical (unpaired) electrons. The number of aromatic nitrogens is 2. The molecule has 29 heavy (non-hydrogen) atoms. The number of halogens is 1. The second-order valence-corrected chi connectivity index (χ2v) is 6.45. The summed E-state index contributed by atoms with van der Waals surface area (Å²) in [5.74, 6) is 0.866. The Morgan fingerprint density at radius 1 is 1.00 bits per heavy atom. The number of hydrogen-bond acceptors (Lipinski definition) is 5. The van der Waals surface area contributed by atoms with E-state index < -0.39 is 0 Å². The standard InChI is InChI=1S/C22H23FN4O2/c1-29-19-4-2-3-17(13-19)10-12-25-22(28)20-14-27-21(15-26-20)24-11-9-16-5-7-18(23)8-6-16/h2-8,13-15H,9-12H2,1H3,(H,24,27)(H,25,28). The summed E-state index contributed by atoms with van der Waals surface area (Å²) in [4.78, 5) is 20.6. The number of hydrogen-bond donors (Lipinski definition) is 2. The first-order valence-corrected chi connectivity index (χ1v) is 9.35. The average Bonchev–Trinajstić information content (AvgIpc) is 2.76. The molecule has 0 aliphatic rings. The molecule has 2 aromatic carbocycles. The first-order valence-electron chi connectivity index (χ1n) is 9.35. The number of nitrogens with zero attached hydrogens (tertiary/aromatic N) is 2. The molecule has 3 rings (SSSR count). The smallest absolute Gasteiger partial charge is 0.271 e. The van der Waals surface area contributed by atoms with E-state index in [0.717, 1.165) is 23.3 Å². The third-order valence-corrected chi connectivity index (χ3v) is 4.35. The zero-order chi connectivity index (χ0) is 20.5. The Bertz CT molecular complexity index is 930. The third-order valence-electron chi connectivity index (χ3n) is 4.35. The normalized spacial score (nSPS) is 10.4. The van der Waals surface area contributed by atoms with Crippen LogP contribution in [0, 0.1) is 5.82 Å². The molecular formula is C22H23FN4O2. The van der Waals surface area contributed by atoms with E-state index in [1.54, 1.807) is 19.2 Å². The molecule has 0 unspecified atom stereocenters. The van der Waals surface area contributed by atoms with Gasteiger partial charge in [-0.05, 0) is 48.2 Å². The lowest BCUT2D eigenvalue weighted by Crippen LogP contribution is -2.26. The molecule has 150 valence electrons. The highest BCUT2D eigenvalue weighted by molar-refractivity contribution is 5.91. The monoisotopic (exact) mass is 394 g/mol. The van der Waals surface area contributed by atoms with Crippen molar-refractivity contribution in [1.82, 2.24) is 15.3 Å². The fraction of sp³-hybridized carbons (Fsp3) is 0.227. The van der Waals surface area contributed by atoms with Gasteiger partial charge in [0.15, 0.2) is 0 Å². The van der Waals surface area contributed by atoms with Gasteiger partial charge in [-0.15, -0.1) is 0 Å². The van der Waals surface area contributed by atoms with Crippen LogP contribution >= 0.6 is 0 Å². The van der Waals surface area contributed by atoms with E-state index in [4.69, 9.17) is 4.74 Å². The van der Waals surface area contributed by atoms with Gasteiger partial charge in [0, 0.05) is 13.1 Å². The molecule has 3 aromatic rings. The lowest BCUT2D eigenvalue weighted by atomic mass is 10.1. The molecule has 0 saturated heterocycles. The maximum absolute atomic E-state index is 12.9. The predicted molar refractivity (Wildman–Crippen MR) is 110 cm³/mol. The van der Waals surface area contributed by atoms with Crippen molar-refractivity contribution in [1.29, 1.82) is 0 Å². The Kier molecular flexibility index (Phi) is 7.10. The highest BCUT2D eigenvalue weighted by Gasteiger charge is 2.08. The van der Waals surface area contributed by atoms with Crippen molar-refractivity contribution in [3.63, 3.8) is 0 Å². The minimum Gasteiger partial charge on any atom is -0.497 e. The maximum Gasteiger partial charge on any atom is 0.271 e. The van der Waals surface area contributed by atoms with Crippen molar-refractivity contribution in [2.75, 3.05) is 25.5 Å². The van der Waals surface area contributed by atoms with E-state index >= 15 is 0 Å². The molecule has 0 fully saturated rings. The van der Waals surface area contributed by atoms with Crippen molar-refractivity contribution >= 4 is 11.7 Å². The van der Waals surface area contributed by atoms with Crippen molar-refractivity contribution in [2.24, 2.45) is 0 Å². The van der Waals surface area contributed by atoms with Gasteiger partial charge in [-0.2, -0.15) is 0 Å². The van der Waals surface area contributed by atoms with Crippen LogP contribution in [0.2, 0.25) is 0 Å². The van der Waals surface area contributed by atoms with Gasteiger partial charge < -0.3 is 15.4 Å². The van der Waals surface area contributed by atoms with E-state index in [9.17, 15) is 9.18 Å². The highest BCUT2D eigenvalue weighted by Crippen LogP contribution is 2.12. The Labute approximate surface area is 169 Å². The topological polar surface area (TPSA) is 76.1 Å². The molecule has 0 saturated carbocycles. The number of rotatable bonds is 9. The predicted octanol–water partition coefficient (Wildman–Crippen LogP) is 3.25. The second kappa shape index (κ2) is 10.2. The first-order chi connectivity index (χ1) is 14.1. The van der Waals surface area contributed by atoms with E-state index in [1.165, 1.54) is 24.5 Å². The fourth-order valence-corrected chi connectivity index (χ4v) is 2.76. The number of benzene rings is 2. The van der Waals surface area contributed by atoms with Crippen LogP contribution in [0.15, 0.2) is 60.9 Å². The van der Waals surface area contributed by atoms with Gasteiger partial charge >= 0.3 is 0 Å². The van der Waals surface area contributed by atoms with Crippen molar-refractivity contribution in [3.05, 3.63) is 83.6 Å². The zero-order valence-electron chi connectivity index (χ0n) is 16.2. The van der Waals surface area contributed by atoms with Crippen molar-refractivity contribution < 1.29 is 13.9 Å². The molecule has 7 heteroatoms. The van der Waals surface area contributed by atoms with Crippen LogP contribution in [0.3, 0.4) is 0 Å². The van der Waals surface area contributed by atoms with E-state index in [-0.39, 0.29) is 17.4 Å². The number of anilines is 1. The van der Waals surface area contributed by atoms with Crippen LogP contribution in [0.25, 0.3) is 0 Å². The van der Waals surface area contributed by atoms with Crippen molar-refractivity contribution in [3.8, 4) is 5.75 Å². The SMILES string of the molecule is COc1cccc(CCNC(=O)c2cnc(NCCc3ccc(F)cc3)cn2)c1. The first kappa shape index (κ1) is 20.3. The summed E-state index contributed by atoms with van der Waals surface area (Å²) in [6.07, 6.45) is 4.40.